The van der Waals surface area contributed by atoms with E-state index in [9.17, 15) is 9.59 Å². The molecule has 0 spiro atoms. The maximum Gasteiger partial charge on any atom is 0.330 e. The van der Waals surface area contributed by atoms with E-state index >= 15 is 0 Å². The van der Waals surface area contributed by atoms with Crippen molar-refractivity contribution >= 4 is 21.6 Å². The fraction of sp³-hybridized carbons (Fsp3) is 0.286. The highest BCUT2D eigenvalue weighted by atomic mass is 79.9. The lowest BCUT2D eigenvalue weighted by atomic mass is 10.3. The molecule has 0 aliphatic rings. The monoisotopic (exact) mass is 353 g/mol. The van der Waals surface area contributed by atoms with Crippen molar-refractivity contribution in [3.8, 4) is 5.75 Å². The van der Waals surface area contributed by atoms with Crippen LogP contribution in [0.25, 0.3) is 0 Å². The van der Waals surface area contributed by atoms with Gasteiger partial charge in [0, 0.05) is 31.5 Å². The van der Waals surface area contributed by atoms with Crippen molar-refractivity contribution in [1.29, 1.82) is 0 Å². The van der Waals surface area contributed by atoms with Gasteiger partial charge in [-0.05, 0) is 34.1 Å². The van der Waals surface area contributed by atoms with Gasteiger partial charge in [-0.15, -0.1) is 0 Å². The van der Waals surface area contributed by atoms with Crippen LogP contribution in [0.3, 0.4) is 0 Å². The molecular weight excluding hydrogens is 338 g/mol. The average molecular weight is 354 g/mol. The molecule has 2 rings (SSSR count). The van der Waals surface area contributed by atoms with Crippen molar-refractivity contribution in [2.75, 3.05) is 12.4 Å². The van der Waals surface area contributed by atoms with Crippen molar-refractivity contribution in [2.24, 2.45) is 14.1 Å². The molecule has 1 aromatic carbocycles. The zero-order chi connectivity index (χ0) is 15.6. The van der Waals surface area contributed by atoms with Crippen LogP contribution in [0, 0.1) is 0 Å². The van der Waals surface area contributed by atoms with Crippen LogP contribution in [0.1, 0.15) is 5.69 Å². The summed E-state index contributed by atoms with van der Waals surface area (Å²) in [5, 5.41) is 3.17. The Hall–Kier alpha value is -2.02. The number of hydrogen-bond donors (Lipinski definition) is 1. The lowest BCUT2D eigenvalue weighted by molar-refractivity contribution is 0.412. The van der Waals surface area contributed by atoms with Crippen molar-refractivity contribution in [1.82, 2.24) is 9.13 Å². The van der Waals surface area contributed by atoms with Crippen LogP contribution in [0.4, 0.5) is 5.69 Å². The van der Waals surface area contributed by atoms with E-state index < -0.39 is 0 Å². The number of nitrogens with zero attached hydrogens (tertiary/aromatic N) is 2. The molecule has 0 saturated carbocycles. The molecule has 1 aromatic heterocycles. The number of nitrogens with one attached hydrogen (secondary N) is 1. The number of ether oxygens (including phenoxy) is 1. The molecule has 6 nitrogen and oxygen atoms in total. The summed E-state index contributed by atoms with van der Waals surface area (Å²) in [5.41, 5.74) is 0.826. The van der Waals surface area contributed by atoms with Crippen LogP contribution < -0.4 is 21.3 Å². The summed E-state index contributed by atoms with van der Waals surface area (Å²) in [4.78, 5) is 23.5. The van der Waals surface area contributed by atoms with Gasteiger partial charge in [0.25, 0.3) is 5.56 Å². The third-order valence-electron chi connectivity index (χ3n) is 3.25. The minimum absolute atomic E-state index is 0.314. The number of anilines is 1. The molecule has 2 aromatic rings. The minimum Gasteiger partial charge on any atom is -0.496 e. The largest absolute Gasteiger partial charge is 0.496 e. The van der Waals surface area contributed by atoms with Gasteiger partial charge in [-0.2, -0.15) is 0 Å². The SMILES string of the molecule is COc1ccc(NCc2cc(=O)n(C)c(=O)n2C)cc1Br. The van der Waals surface area contributed by atoms with E-state index in [0.717, 1.165) is 20.5 Å². The van der Waals surface area contributed by atoms with Gasteiger partial charge in [-0.25, -0.2) is 4.79 Å². The Morgan fingerprint density at radius 1 is 1.19 bits per heavy atom. The maximum absolute atomic E-state index is 11.8. The van der Waals surface area contributed by atoms with Gasteiger partial charge in [-0.1, -0.05) is 0 Å². The summed E-state index contributed by atoms with van der Waals surface area (Å²) in [6, 6.07) is 7.02. The maximum atomic E-state index is 11.8. The minimum atomic E-state index is -0.338. The number of halogens is 1. The van der Waals surface area contributed by atoms with Crippen molar-refractivity contribution in [3.05, 3.63) is 55.3 Å². The first kappa shape index (κ1) is 15.4. The van der Waals surface area contributed by atoms with E-state index in [2.05, 4.69) is 21.2 Å². The van der Waals surface area contributed by atoms with Crippen LogP contribution in [0.15, 0.2) is 38.3 Å². The number of benzene rings is 1. The molecule has 0 amide bonds. The summed E-state index contributed by atoms with van der Waals surface area (Å²) >= 11 is 3.41. The summed E-state index contributed by atoms with van der Waals surface area (Å²) in [7, 11) is 4.70. The van der Waals surface area contributed by atoms with E-state index in [1.807, 2.05) is 18.2 Å². The van der Waals surface area contributed by atoms with Crippen LogP contribution in [-0.4, -0.2) is 16.2 Å². The second kappa shape index (κ2) is 6.17. The fourth-order valence-corrected chi connectivity index (χ4v) is 2.46. The first-order chi connectivity index (χ1) is 9.93. The predicted molar refractivity (Wildman–Crippen MR) is 84.9 cm³/mol. The number of aromatic nitrogens is 2. The lowest BCUT2D eigenvalue weighted by Gasteiger charge is -2.12. The standard InChI is InChI=1S/C14H16BrN3O3/c1-17-10(7-13(19)18(2)14(17)20)8-16-9-4-5-12(21-3)11(15)6-9/h4-7,16H,8H2,1-3H3. The highest BCUT2D eigenvalue weighted by Crippen LogP contribution is 2.27. The molecule has 0 atom stereocenters. The van der Waals surface area contributed by atoms with E-state index in [-0.39, 0.29) is 11.2 Å². The van der Waals surface area contributed by atoms with Crippen LogP contribution in [0.2, 0.25) is 0 Å². The van der Waals surface area contributed by atoms with Crippen molar-refractivity contribution in [3.63, 3.8) is 0 Å². The highest BCUT2D eigenvalue weighted by molar-refractivity contribution is 9.10. The Kier molecular flexibility index (Phi) is 4.52. The quantitative estimate of drug-likeness (QED) is 0.903. The Labute approximate surface area is 130 Å². The number of methoxy groups -OCH3 is 1. The molecule has 0 bridgehead atoms. The molecule has 112 valence electrons. The molecule has 0 aliphatic heterocycles. The Morgan fingerprint density at radius 2 is 1.90 bits per heavy atom. The van der Waals surface area contributed by atoms with E-state index in [1.54, 1.807) is 14.2 Å². The van der Waals surface area contributed by atoms with Gasteiger partial charge in [0.2, 0.25) is 0 Å². The fourth-order valence-electron chi connectivity index (χ4n) is 1.92. The molecule has 7 heteroatoms. The van der Waals surface area contributed by atoms with Crippen LogP contribution >= 0.6 is 15.9 Å². The smallest absolute Gasteiger partial charge is 0.330 e. The van der Waals surface area contributed by atoms with Gasteiger partial charge in [0.05, 0.1) is 18.1 Å². The topological polar surface area (TPSA) is 65.3 Å². The molecule has 0 fully saturated rings. The average Bonchev–Trinajstić information content (AvgIpc) is 2.47. The van der Waals surface area contributed by atoms with Crippen LogP contribution in [0.5, 0.6) is 5.75 Å². The third kappa shape index (κ3) is 3.18. The Bertz CT molecular complexity index is 780. The number of rotatable bonds is 4. The molecule has 21 heavy (non-hydrogen) atoms. The van der Waals surface area contributed by atoms with Crippen LogP contribution in [-0.2, 0) is 20.6 Å². The van der Waals surface area contributed by atoms with E-state index in [4.69, 9.17) is 4.74 Å². The van der Waals surface area contributed by atoms with E-state index in [0.29, 0.717) is 12.2 Å². The normalized spacial score (nSPS) is 10.5. The van der Waals surface area contributed by atoms with Crippen molar-refractivity contribution < 1.29 is 4.74 Å². The zero-order valence-electron chi connectivity index (χ0n) is 12.0. The lowest BCUT2D eigenvalue weighted by Crippen LogP contribution is -2.38. The summed E-state index contributed by atoms with van der Waals surface area (Å²) in [6.07, 6.45) is 0. The molecule has 0 saturated heterocycles. The molecule has 0 unspecified atom stereocenters. The molecule has 0 radical (unpaired) electrons. The molecule has 1 heterocycles. The number of hydrogen-bond acceptors (Lipinski definition) is 4. The zero-order valence-corrected chi connectivity index (χ0v) is 13.6. The highest BCUT2D eigenvalue weighted by Gasteiger charge is 2.06. The summed E-state index contributed by atoms with van der Waals surface area (Å²) in [5.74, 6) is 0.738. The van der Waals surface area contributed by atoms with Gasteiger partial charge in [-0.3, -0.25) is 13.9 Å². The second-order valence-corrected chi connectivity index (χ2v) is 5.43. The van der Waals surface area contributed by atoms with Gasteiger partial charge in [0.1, 0.15) is 5.75 Å². The molecule has 0 aliphatic carbocycles. The Morgan fingerprint density at radius 3 is 2.52 bits per heavy atom. The first-order valence-electron chi connectivity index (χ1n) is 6.27. The van der Waals surface area contributed by atoms with Gasteiger partial charge in [0.15, 0.2) is 0 Å². The van der Waals surface area contributed by atoms with Crippen molar-refractivity contribution in [2.45, 2.75) is 6.54 Å². The molecular formula is C14H16BrN3O3. The first-order valence-corrected chi connectivity index (χ1v) is 7.06. The Balaban J connectivity index is 2.23. The molecule has 1 N–H and O–H groups in total. The summed E-state index contributed by atoms with van der Waals surface area (Å²) in [6.45, 7) is 0.376. The second-order valence-electron chi connectivity index (χ2n) is 4.58. The summed E-state index contributed by atoms with van der Waals surface area (Å²) < 4.78 is 8.52. The van der Waals surface area contributed by atoms with Gasteiger partial charge < -0.3 is 10.1 Å². The predicted octanol–water partition coefficient (Wildman–Crippen LogP) is 1.47. The van der Waals surface area contributed by atoms with Gasteiger partial charge >= 0.3 is 5.69 Å². The van der Waals surface area contributed by atoms with E-state index in [1.165, 1.54) is 17.7 Å². The third-order valence-corrected chi connectivity index (χ3v) is 3.87.